The number of rotatable bonds is 5. The van der Waals surface area contributed by atoms with Gasteiger partial charge in [-0.05, 0) is 60.9 Å². The van der Waals surface area contributed by atoms with E-state index in [1.165, 1.54) is 11.3 Å². The van der Waals surface area contributed by atoms with Crippen LogP contribution in [0, 0.1) is 0 Å². The summed E-state index contributed by atoms with van der Waals surface area (Å²) in [5.41, 5.74) is 0.869. The molecule has 0 spiro atoms. The molecule has 2 fully saturated rings. The van der Waals surface area contributed by atoms with E-state index in [1.807, 2.05) is 12.1 Å². The van der Waals surface area contributed by atoms with Gasteiger partial charge in [0.25, 0.3) is 5.91 Å². The lowest BCUT2D eigenvalue weighted by Gasteiger charge is -2.27. The first-order chi connectivity index (χ1) is 15.0. The molecule has 0 aliphatic carbocycles. The molecule has 2 aromatic heterocycles. The number of hydrogen-bond donors (Lipinski definition) is 1. The van der Waals surface area contributed by atoms with Gasteiger partial charge < -0.3 is 5.32 Å². The van der Waals surface area contributed by atoms with Crippen molar-refractivity contribution in [1.29, 1.82) is 0 Å². The van der Waals surface area contributed by atoms with E-state index in [-0.39, 0.29) is 18.0 Å². The second-order valence-electron chi connectivity index (χ2n) is 8.36. The third kappa shape index (κ3) is 4.00. The summed E-state index contributed by atoms with van der Waals surface area (Å²) >= 11 is 1.41. The molecule has 2 atom stereocenters. The lowest BCUT2D eigenvalue weighted by molar-refractivity contribution is 0.0955. The van der Waals surface area contributed by atoms with Crippen molar-refractivity contribution in [2.24, 2.45) is 0 Å². The Hall–Kier alpha value is -2.29. The zero-order valence-corrected chi connectivity index (χ0v) is 18.8. The molecule has 2 aliphatic rings. The van der Waals surface area contributed by atoms with Gasteiger partial charge in [-0.15, -0.1) is 11.3 Å². The predicted octanol–water partition coefficient (Wildman–Crippen LogP) is 4.32. The number of amides is 1. The van der Waals surface area contributed by atoms with Gasteiger partial charge in [-0.25, -0.2) is 8.42 Å². The van der Waals surface area contributed by atoms with Gasteiger partial charge >= 0.3 is 0 Å². The van der Waals surface area contributed by atoms with Crippen LogP contribution < -0.4 is 5.32 Å². The van der Waals surface area contributed by atoms with Crippen molar-refractivity contribution in [3.05, 3.63) is 59.2 Å². The number of carbonyl (C=O) groups is 1. The fourth-order valence-electron chi connectivity index (χ4n) is 4.80. The lowest BCUT2D eigenvalue weighted by Crippen LogP contribution is -2.39. The zero-order valence-electron chi connectivity index (χ0n) is 17.2. The van der Waals surface area contributed by atoms with Crippen LogP contribution in [0.5, 0.6) is 0 Å². The van der Waals surface area contributed by atoms with Crippen molar-refractivity contribution in [1.82, 2.24) is 14.6 Å². The number of hydrogen-bond acceptors (Lipinski definition) is 5. The number of nitrogens with zero attached hydrogens (tertiary/aromatic N) is 2. The van der Waals surface area contributed by atoms with E-state index < -0.39 is 10.0 Å². The second-order valence-corrected chi connectivity index (χ2v) is 11.3. The monoisotopic (exact) mass is 455 g/mol. The number of fused-ring (bicyclic) bond motifs is 3. The lowest BCUT2D eigenvalue weighted by atomic mass is 10.0. The van der Waals surface area contributed by atoms with Gasteiger partial charge in [0.2, 0.25) is 10.0 Å². The zero-order chi connectivity index (χ0) is 21.4. The number of thiophene rings is 1. The van der Waals surface area contributed by atoms with Crippen molar-refractivity contribution in [3.8, 4) is 0 Å². The molecule has 2 saturated heterocycles. The minimum absolute atomic E-state index is 0.140. The predicted molar refractivity (Wildman–Crippen MR) is 122 cm³/mol. The molecule has 5 rings (SSSR count). The number of sulfonamides is 1. The van der Waals surface area contributed by atoms with Gasteiger partial charge in [0.15, 0.2) is 0 Å². The van der Waals surface area contributed by atoms with Crippen LogP contribution in [0.15, 0.2) is 53.7 Å². The molecule has 2 bridgehead atoms. The van der Waals surface area contributed by atoms with E-state index in [0.29, 0.717) is 16.3 Å². The SMILES string of the molecule is O=C(NCc1ccc(S(=O)(=O)N2C3CCCCC2CC3)cc1)c1cc2ccncc2s1. The minimum atomic E-state index is -3.49. The van der Waals surface area contributed by atoms with Crippen molar-refractivity contribution >= 4 is 37.4 Å². The Morgan fingerprint density at radius 1 is 1.06 bits per heavy atom. The normalized spacial score (nSPS) is 21.8. The van der Waals surface area contributed by atoms with Gasteiger partial charge in [-0.3, -0.25) is 9.78 Å². The van der Waals surface area contributed by atoms with Crippen LogP contribution in [0.25, 0.3) is 10.1 Å². The van der Waals surface area contributed by atoms with Crippen LogP contribution in [-0.4, -0.2) is 35.7 Å². The maximum atomic E-state index is 13.3. The van der Waals surface area contributed by atoms with Gasteiger partial charge in [-0.2, -0.15) is 4.31 Å². The average molecular weight is 456 g/mol. The molecule has 1 aromatic carbocycles. The summed E-state index contributed by atoms with van der Waals surface area (Å²) in [5.74, 6) is -0.140. The highest BCUT2D eigenvalue weighted by Gasteiger charge is 2.42. The molecule has 0 radical (unpaired) electrons. The van der Waals surface area contributed by atoms with Crippen molar-refractivity contribution < 1.29 is 13.2 Å². The minimum Gasteiger partial charge on any atom is -0.347 e. The smallest absolute Gasteiger partial charge is 0.261 e. The molecule has 162 valence electrons. The Balaban J connectivity index is 1.27. The highest BCUT2D eigenvalue weighted by atomic mass is 32.2. The summed E-state index contributed by atoms with van der Waals surface area (Å²) in [6, 6.07) is 11.0. The maximum absolute atomic E-state index is 13.3. The van der Waals surface area contributed by atoms with Crippen LogP contribution in [0.2, 0.25) is 0 Å². The molecular formula is C23H25N3O3S2. The van der Waals surface area contributed by atoms with Gasteiger partial charge in [0.05, 0.1) is 14.5 Å². The molecule has 0 saturated carbocycles. The maximum Gasteiger partial charge on any atom is 0.261 e. The van der Waals surface area contributed by atoms with Crippen LogP contribution in [0.3, 0.4) is 0 Å². The molecule has 4 heterocycles. The Morgan fingerprint density at radius 3 is 2.45 bits per heavy atom. The van der Waals surface area contributed by atoms with E-state index in [2.05, 4.69) is 10.3 Å². The van der Waals surface area contributed by atoms with Gasteiger partial charge in [-0.1, -0.05) is 25.0 Å². The van der Waals surface area contributed by atoms with E-state index in [9.17, 15) is 13.2 Å². The third-order valence-corrected chi connectivity index (χ3v) is 9.48. The summed E-state index contributed by atoms with van der Waals surface area (Å²) in [6.07, 6.45) is 9.57. The Labute approximate surface area is 186 Å². The van der Waals surface area contributed by atoms with Crippen LogP contribution >= 0.6 is 11.3 Å². The average Bonchev–Trinajstić information content (AvgIpc) is 3.32. The standard InChI is InChI=1S/C23H25N3O3S2/c27-23(21-13-17-11-12-24-15-22(17)30-21)25-14-16-5-9-20(10-6-16)31(28,29)26-18-3-1-2-4-19(26)8-7-18/h5-6,9-13,15,18-19H,1-4,7-8,14H2,(H,25,27). The third-order valence-electron chi connectivity index (χ3n) is 6.38. The summed E-state index contributed by atoms with van der Waals surface area (Å²) in [6.45, 7) is 0.348. The number of benzene rings is 1. The summed E-state index contributed by atoms with van der Waals surface area (Å²) < 4.78 is 29.4. The first kappa shape index (κ1) is 20.6. The summed E-state index contributed by atoms with van der Waals surface area (Å²) in [4.78, 5) is 17.6. The van der Waals surface area contributed by atoms with E-state index in [1.54, 1.807) is 41.0 Å². The molecule has 31 heavy (non-hydrogen) atoms. The summed E-state index contributed by atoms with van der Waals surface area (Å²) in [5, 5.41) is 3.92. The number of aromatic nitrogens is 1. The Kier molecular flexibility index (Phi) is 5.54. The van der Waals surface area contributed by atoms with Gasteiger partial charge in [0, 0.05) is 31.0 Å². The fraction of sp³-hybridized carbons (Fsp3) is 0.391. The molecule has 1 N–H and O–H groups in total. The topological polar surface area (TPSA) is 79.4 Å². The quantitative estimate of drug-likeness (QED) is 0.621. The van der Waals surface area contributed by atoms with E-state index in [4.69, 9.17) is 0 Å². The van der Waals surface area contributed by atoms with E-state index in [0.717, 1.165) is 54.2 Å². The first-order valence-corrected chi connectivity index (χ1v) is 13.0. The second kappa shape index (κ2) is 8.33. The molecule has 2 unspecified atom stereocenters. The van der Waals surface area contributed by atoms with Crippen molar-refractivity contribution in [2.45, 2.75) is 62.0 Å². The molecular weight excluding hydrogens is 430 g/mol. The highest BCUT2D eigenvalue weighted by Crippen LogP contribution is 2.38. The van der Waals surface area contributed by atoms with Crippen LogP contribution in [-0.2, 0) is 16.6 Å². The van der Waals surface area contributed by atoms with Crippen molar-refractivity contribution in [2.75, 3.05) is 0 Å². The largest absolute Gasteiger partial charge is 0.347 e. The number of nitrogens with one attached hydrogen (secondary N) is 1. The fourth-order valence-corrected chi connectivity index (χ4v) is 7.68. The first-order valence-electron chi connectivity index (χ1n) is 10.8. The molecule has 1 amide bonds. The number of carbonyl (C=O) groups excluding carboxylic acids is 1. The van der Waals surface area contributed by atoms with Crippen LogP contribution in [0.1, 0.15) is 53.8 Å². The van der Waals surface area contributed by atoms with E-state index >= 15 is 0 Å². The molecule has 2 aliphatic heterocycles. The highest BCUT2D eigenvalue weighted by molar-refractivity contribution is 7.89. The van der Waals surface area contributed by atoms with Crippen LogP contribution in [0.4, 0.5) is 0 Å². The molecule has 8 heteroatoms. The summed E-state index contributed by atoms with van der Waals surface area (Å²) in [7, 11) is -3.49. The van der Waals surface area contributed by atoms with Gasteiger partial charge in [0.1, 0.15) is 0 Å². The number of pyridine rings is 1. The molecule has 6 nitrogen and oxygen atoms in total. The Morgan fingerprint density at radius 2 is 1.77 bits per heavy atom. The van der Waals surface area contributed by atoms with Crippen molar-refractivity contribution in [3.63, 3.8) is 0 Å². The Bertz CT molecular complexity index is 1160. The molecule has 3 aromatic rings.